The van der Waals surface area contributed by atoms with E-state index in [1.54, 1.807) is 12.1 Å². The fourth-order valence-electron chi connectivity index (χ4n) is 3.79. The Labute approximate surface area is 139 Å². The number of nitro benzene ring substituents is 1. The van der Waals surface area contributed by atoms with Gasteiger partial charge in [0.05, 0.1) is 10.5 Å². The third kappa shape index (κ3) is 1.83. The lowest BCUT2D eigenvalue weighted by molar-refractivity contribution is -0.384. The van der Waals surface area contributed by atoms with Gasteiger partial charge in [0.2, 0.25) is 0 Å². The van der Waals surface area contributed by atoms with Crippen LogP contribution in [0.1, 0.15) is 16.7 Å². The molecule has 24 heavy (non-hydrogen) atoms. The Morgan fingerprint density at radius 3 is 1.79 bits per heavy atom. The normalized spacial score (nSPS) is 14.0. The molecule has 0 aliphatic heterocycles. The Bertz CT molecular complexity index is 887. The summed E-state index contributed by atoms with van der Waals surface area (Å²) >= 11 is 0. The Morgan fingerprint density at radius 1 is 0.833 bits per heavy atom. The van der Waals surface area contributed by atoms with E-state index in [1.807, 2.05) is 43.4 Å². The van der Waals surface area contributed by atoms with Crippen LogP contribution in [0.25, 0.3) is 11.1 Å². The SMILES string of the molecule is CNC1(c2ccc([N+](=O)[O-])cc2)c2ccccc2-c2ccccc21. The van der Waals surface area contributed by atoms with Crippen molar-refractivity contribution in [1.29, 1.82) is 0 Å². The molecule has 0 unspecified atom stereocenters. The summed E-state index contributed by atoms with van der Waals surface area (Å²) in [6.07, 6.45) is 0. The minimum Gasteiger partial charge on any atom is -0.303 e. The summed E-state index contributed by atoms with van der Waals surface area (Å²) in [6.45, 7) is 0. The van der Waals surface area contributed by atoms with E-state index >= 15 is 0 Å². The first-order valence-corrected chi connectivity index (χ1v) is 7.81. The quantitative estimate of drug-likeness (QED) is 0.585. The van der Waals surface area contributed by atoms with Crippen LogP contribution in [0.15, 0.2) is 72.8 Å². The maximum atomic E-state index is 11.0. The molecule has 0 spiro atoms. The average molecular weight is 316 g/mol. The number of hydrogen-bond donors (Lipinski definition) is 1. The van der Waals surface area contributed by atoms with Crippen molar-refractivity contribution in [3.63, 3.8) is 0 Å². The van der Waals surface area contributed by atoms with Crippen LogP contribution in [0.4, 0.5) is 5.69 Å². The van der Waals surface area contributed by atoms with Crippen molar-refractivity contribution in [2.45, 2.75) is 5.54 Å². The Balaban J connectivity index is 2.01. The van der Waals surface area contributed by atoms with E-state index < -0.39 is 5.54 Å². The number of nitro groups is 1. The molecule has 0 amide bonds. The molecule has 4 nitrogen and oxygen atoms in total. The maximum Gasteiger partial charge on any atom is 0.269 e. The highest BCUT2D eigenvalue weighted by Crippen LogP contribution is 2.50. The van der Waals surface area contributed by atoms with Gasteiger partial charge in [-0.1, -0.05) is 48.5 Å². The molecular formula is C20H16N2O2. The Kier molecular flexibility index (Phi) is 3.22. The van der Waals surface area contributed by atoms with Crippen molar-refractivity contribution in [1.82, 2.24) is 5.32 Å². The van der Waals surface area contributed by atoms with E-state index in [1.165, 1.54) is 22.3 Å². The van der Waals surface area contributed by atoms with E-state index in [2.05, 4.69) is 29.6 Å². The molecule has 0 atom stereocenters. The zero-order chi connectivity index (χ0) is 16.7. The van der Waals surface area contributed by atoms with Gasteiger partial charge in [-0.2, -0.15) is 0 Å². The molecule has 0 heterocycles. The summed E-state index contributed by atoms with van der Waals surface area (Å²) in [5.41, 5.74) is 5.33. The molecule has 4 rings (SSSR count). The molecule has 1 aliphatic rings. The predicted octanol–water partition coefficient (Wildman–Crippen LogP) is 4.09. The van der Waals surface area contributed by atoms with Gasteiger partial charge >= 0.3 is 0 Å². The van der Waals surface area contributed by atoms with E-state index in [9.17, 15) is 10.1 Å². The minimum atomic E-state index is -0.498. The first-order valence-electron chi connectivity index (χ1n) is 7.81. The maximum absolute atomic E-state index is 11.0. The molecule has 118 valence electrons. The molecule has 1 N–H and O–H groups in total. The molecular weight excluding hydrogens is 300 g/mol. The molecule has 0 fully saturated rings. The molecule has 0 aromatic heterocycles. The number of non-ortho nitro benzene ring substituents is 1. The van der Waals surface area contributed by atoms with Crippen LogP contribution >= 0.6 is 0 Å². The van der Waals surface area contributed by atoms with Gasteiger partial charge < -0.3 is 5.32 Å². The first kappa shape index (κ1) is 14.6. The second-order valence-electron chi connectivity index (χ2n) is 5.90. The third-order valence-electron chi connectivity index (χ3n) is 4.84. The molecule has 4 heteroatoms. The molecule has 1 aliphatic carbocycles. The third-order valence-corrected chi connectivity index (χ3v) is 4.84. The van der Waals surface area contributed by atoms with Gasteiger partial charge in [0.1, 0.15) is 0 Å². The Hall–Kier alpha value is -2.98. The van der Waals surface area contributed by atoms with E-state index in [4.69, 9.17) is 0 Å². The number of benzene rings is 3. The summed E-state index contributed by atoms with van der Waals surface area (Å²) in [6, 6.07) is 23.4. The number of nitrogens with one attached hydrogen (secondary N) is 1. The molecule has 3 aromatic rings. The average Bonchev–Trinajstić information content (AvgIpc) is 2.93. The van der Waals surface area contributed by atoms with Crippen LogP contribution < -0.4 is 5.32 Å². The zero-order valence-electron chi connectivity index (χ0n) is 13.2. The van der Waals surface area contributed by atoms with E-state index in [-0.39, 0.29) is 10.6 Å². The highest BCUT2D eigenvalue weighted by molar-refractivity contribution is 5.83. The molecule has 0 saturated carbocycles. The van der Waals surface area contributed by atoms with Crippen LogP contribution in [0, 0.1) is 10.1 Å². The van der Waals surface area contributed by atoms with Crippen molar-refractivity contribution < 1.29 is 4.92 Å². The van der Waals surface area contributed by atoms with E-state index in [0.717, 1.165) is 5.56 Å². The fourth-order valence-corrected chi connectivity index (χ4v) is 3.79. The smallest absolute Gasteiger partial charge is 0.269 e. The highest BCUT2D eigenvalue weighted by Gasteiger charge is 2.43. The van der Waals surface area contributed by atoms with Crippen LogP contribution in [-0.2, 0) is 5.54 Å². The van der Waals surface area contributed by atoms with Gasteiger partial charge in [-0.25, -0.2) is 0 Å². The van der Waals surface area contributed by atoms with Crippen LogP contribution in [0.2, 0.25) is 0 Å². The predicted molar refractivity (Wildman–Crippen MR) is 93.9 cm³/mol. The van der Waals surface area contributed by atoms with Gasteiger partial charge in [0.15, 0.2) is 0 Å². The van der Waals surface area contributed by atoms with Crippen molar-refractivity contribution in [3.05, 3.63) is 99.6 Å². The molecule has 3 aromatic carbocycles. The van der Waals surface area contributed by atoms with Crippen molar-refractivity contribution in [3.8, 4) is 11.1 Å². The van der Waals surface area contributed by atoms with Crippen LogP contribution in [0.3, 0.4) is 0 Å². The first-order chi connectivity index (χ1) is 11.7. The lowest BCUT2D eigenvalue weighted by Crippen LogP contribution is -2.40. The number of hydrogen-bond acceptors (Lipinski definition) is 3. The number of rotatable bonds is 3. The van der Waals surface area contributed by atoms with E-state index in [0.29, 0.717) is 0 Å². The topological polar surface area (TPSA) is 55.2 Å². The number of fused-ring (bicyclic) bond motifs is 3. The van der Waals surface area contributed by atoms with Gasteiger partial charge in [0, 0.05) is 12.1 Å². The van der Waals surface area contributed by atoms with Crippen molar-refractivity contribution >= 4 is 5.69 Å². The van der Waals surface area contributed by atoms with Crippen molar-refractivity contribution in [2.75, 3.05) is 7.05 Å². The summed E-state index contributed by atoms with van der Waals surface area (Å²) < 4.78 is 0. The van der Waals surface area contributed by atoms with Gasteiger partial charge in [-0.3, -0.25) is 10.1 Å². The van der Waals surface area contributed by atoms with Gasteiger partial charge in [0.25, 0.3) is 5.69 Å². The fraction of sp³-hybridized carbons (Fsp3) is 0.100. The molecule has 0 saturated heterocycles. The zero-order valence-corrected chi connectivity index (χ0v) is 13.2. The lowest BCUT2D eigenvalue weighted by Gasteiger charge is -2.32. The van der Waals surface area contributed by atoms with Gasteiger partial charge in [-0.05, 0) is 47.0 Å². The summed E-state index contributed by atoms with van der Waals surface area (Å²) in [5.74, 6) is 0. The lowest BCUT2D eigenvalue weighted by atomic mass is 9.81. The van der Waals surface area contributed by atoms with Crippen LogP contribution in [-0.4, -0.2) is 12.0 Å². The van der Waals surface area contributed by atoms with Gasteiger partial charge in [-0.15, -0.1) is 0 Å². The highest BCUT2D eigenvalue weighted by atomic mass is 16.6. The summed E-state index contributed by atoms with van der Waals surface area (Å²) in [5, 5.41) is 14.5. The molecule has 0 bridgehead atoms. The second kappa shape index (κ2) is 5.28. The van der Waals surface area contributed by atoms with Crippen molar-refractivity contribution in [2.24, 2.45) is 0 Å². The summed E-state index contributed by atoms with van der Waals surface area (Å²) in [4.78, 5) is 10.6. The molecule has 0 radical (unpaired) electrons. The Morgan fingerprint density at radius 2 is 1.33 bits per heavy atom. The van der Waals surface area contributed by atoms with Crippen LogP contribution in [0.5, 0.6) is 0 Å². The summed E-state index contributed by atoms with van der Waals surface area (Å²) in [7, 11) is 1.93. The monoisotopic (exact) mass is 316 g/mol. The minimum absolute atomic E-state index is 0.101. The standard InChI is InChI=1S/C20H16N2O2/c1-21-20(14-10-12-15(13-11-14)22(23)24)18-8-4-2-6-16(18)17-7-3-5-9-19(17)20/h2-13,21H,1H3. The largest absolute Gasteiger partial charge is 0.303 e. The number of nitrogens with zero attached hydrogens (tertiary/aromatic N) is 1. The second-order valence-corrected chi connectivity index (χ2v) is 5.90.